The third kappa shape index (κ3) is 2.13. The number of rotatable bonds is 2. The molecule has 1 unspecified atom stereocenters. The fraction of sp³-hybridized carbons (Fsp3) is 0.750. The van der Waals surface area contributed by atoms with E-state index in [9.17, 15) is 0 Å². The Morgan fingerprint density at radius 1 is 1.25 bits per heavy atom. The van der Waals surface area contributed by atoms with Crippen LogP contribution in [0.5, 0.6) is 0 Å². The van der Waals surface area contributed by atoms with Crippen molar-refractivity contribution in [1.82, 2.24) is 20.6 Å². The lowest BCUT2D eigenvalue weighted by molar-refractivity contribution is 0.395. The van der Waals surface area contributed by atoms with Gasteiger partial charge in [-0.2, -0.15) is 0 Å². The van der Waals surface area contributed by atoms with Gasteiger partial charge in [0.05, 0.1) is 11.4 Å². The average molecular weight is 220 g/mol. The highest BCUT2D eigenvalue weighted by Gasteiger charge is 2.18. The molecule has 0 aromatic carbocycles. The number of imidazole rings is 1. The van der Waals surface area contributed by atoms with Gasteiger partial charge in [0.2, 0.25) is 0 Å². The van der Waals surface area contributed by atoms with E-state index in [0.717, 1.165) is 25.9 Å². The molecule has 0 saturated carbocycles. The first-order chi connectivity index (χ1) is 7.92. The van der Waals surface area contributed by atoms with Crippen molar-refractivity contribution in [3.63, 3.8) is 0 Å². The Bertz CT molecular complexity index is 328. The van der Waals surface area contributed by atoms with Crippen LogP contribution in [0.15, 0.2) is 0 Å². The maximum Gasteiger partial charge on any atom is 0.108 e. The zero-order chi connectivity index (χ0) is 10.8. The Hall–Kier alpha value is -0.870. The summed E-state index contributed by atoms with van der Waals surface area (Å²) in [5.41, 5.74) is 2.58. The molecular weight excluding hydrogens is 200 g/mol. The van der Waals surface area contributed by atoms with E-state index in [0.29, 0.717) is 6.04 Å². The fourth-order valence-corrected chi connectivity index (χ4v) is 2.71. The van der Waals surface area contributed by atoms with Crippen LogP contribution >= 0.6 is 0 Å². The summed E-state index contributed by atoms with van der Waals surface area (Å²) in [4.78, 5) is 8.18. The molecule has 88 valence electrons. The quantitative estimate of drug-likeness (QED) is 0.689. The van der Waals surface area contributed by atoms with E-state index in [1.54, 1.807) is 0 Å². The van der Waals surface area contributed by atoms with Gasteiger partial charge in [-0.3, -0.25) is 0 Å². The van der Waals surface area contributed by atoms with Crippen molar-refractivity contribution < 1.29 is 0 Å². The summed E-state index contributed by atoms with van der Waals surface area (Å²) >= 11 is 0. The third-order valence-electron chi connectivity index (χ3n) is 3.61. The van der Waals surface area contributed by atoms with Gasteiger partial charge in [0.15, 0.2) is 0 Å². The summed E-state index contributed by atoms with van der Waals surface area (Å²) < 4.78 is 0. The number of piperidine rings is 1. The van der Waals surface area contributed by atoms with Crippen molar-refractivity contribution in [2.24, 2.45) is 0 Å². The first-order valence-electron chi connectivity index (χ1n) is 6.42. The summed E-state index contributed by atoms with van der Waals surface area (Å²) in [5, 5.41) is 6.94. The SMILES string of the molecule is C1CCC(Cc2nc3c([nH]2)CNCC3)NC1. The number of fused-ring (bicyclic) bond motifs is 1. The minimum atomic E-state index is 0.634. The molecule has 0 radical (unpaired) electrons. The molecule has 3 rings (SSSR count). The molecule has 1 fully saturated rings. The summed E-state index contributed by atoms with van der Waals surface area (Å²) in [6, 6.07) is 0.634. The molecule has 16 heavy (non-hydrogen) atoms. The van der Waals surface area contributed by atoms with Crippen LogP contribution in [-0.4, -0.2) is 29.1 Å². The van der Waals surface area contributed by atoms with E-state index >= 15 is 0 Å². The predicted octanol–water partition coefficient (Wildman–Crippen LogP) is 0.740. The Morgan fingerprint density at radius 2 is 2.25 bits per heavy atom. The minimum absolute atomic E-state index is 0.634. The first kappa shape index (κ1) is 10.3. The van der Waals surface area contributed by atoms with Crippen molar-refractivity contribution >= 4 is 0 Å². The second kappa shape index (κ2) is 4.55. The Kier molecular flexibility index (Phi) is 2.93. The summed E-state index contributed by atoms with van der Waals surface area (Å²) in [5.74, 6) is 1.17. The Balaban J connectivity index is 1.67. The molecule has 1 atom stereocenters. The maximum atomic E-state index is 4.71. The van der Waals surface area contributed by atoms with Crippen LogP contribution in [0.4, 0.5) is 0 Å². The highest BCUT2D eigenvalue weighted by Crippen LogP contribution is 2.15. The van der Waals surface area contributed by atoms with Crippen molar-refractivity contribution in [2.75, 3.05) is 13.1 Å². The van der Waals surface area contributed by atoms with E-state index in [1.807, 2.05) is 0 Å². The van der Waals surface area contributed by atoms with E-state index in [2.05, 4.69) is 15.6 Å². The molecule has 4 nitrogen and oxygen atoms in total. The van der Waals surface area contributed by atoms with Crippen LogP contribution in [-0.2, 0) is 19.4 Å². The van der Waals surface area contributed by atoms with Crippen LogP contribution in [0.3, 0.4) is 0 Å². The molecule has 1 aromatic rings. The first-order valence-corrected chi connectivity index (χ1v) is 6.42. The van der Waals surface area contributed by atoms with Gasteiger partial charge < -0.3 is 15.6 Å². The van der Waals surface area contributed by atoms with E-state index < -0.39 is 0 Å². The van der Waals surface area contributed by atoms with Crippen LogP contribution in [0.1, 0.15) is 36.5 Å². The monoisotopic (exact) mass is 220 g/mol. The predicted molar refractivity (Wildman–Crippen MR) is 63.3 cm³/mol. The zero-order valence-electron chi connectivity index (χ0n) is 9.68. The molecule has 3 N–H and O–H groups in total. The standard InChI is InChI=1S/C12H20N4/c1-2-5-14-9(3-1)7-12-15-10-4-6-13-8-11(10)16-12/h9,13-14H,1-8H2,(H,15,16). The van der Waals surface area contributed by atoms with Crippen LogP contribution < -0.4 is 10.6 Å². The molecule has 2 aliphatic rings. The van der Waals surface area contributed by atoms with Crippen molar-refractivity contribution in [3.05, 3.63) is 17.2 Å². The van der Waals surface area contributed by atoms with E-state index in [-0.39, 0.29) is 0 Å². The van der Waals surface area contributed by atoms with E-state index in [1.165, 1.54) is 43.0 Å². The number of aromatic amines is 1. The van der Waals surface area contributed by atoms with Crippen molar-refractivity contribution in [2.45, 2.75) is 44.7 Å². The molecular formula is C12H20N4. The second-order valence-corrected chi connectivity index (χ2v) is 4.89. The summed E-state index contributed by atoms with van der Waals surface area (Å²) in [6.45, 7) is 3.20. The number of nitrogens with one attached hydrogen (secondary N) is 3. The number of aromatic nitrogens is 2. The maximum absolute atomic E-state index is 4.71. The lowest BCUT2D eigenvalue weighted by atomic mass is 10.0. The zero-order valence-corrected chi connectivity index (χ0v) is 9.68. The lowest BCUT2D eigenvalue weighted by Gasteiger charge is -2.22. The van der Waals surface area contributed by atoms with Gasteiger partial charge in [-0.05, 0) is 19.4 Å². The highest BCUT2D eigenvalue weighted by molar-refractivity contribution is 5.18. The van der Waals surface area contributed by atoms with Gasteiger partial charge in [0, 0.05) is 32.0 Å². The van der Waals surface area contributed by atoms with Crippen LogP contribution in [0.2, 0.25) is 0 Å². The molecule has 0 bridgehead atoms. The van der Waals surface area contributed by atoms with Crippen molar-refractivity contribution in [1.29, 1.82) is 0 Å². The van der Waals surface area contributed by atoms with Gasteiger partial charge in [0.1, 0.15) is 5.82 Å². The number of nitrogens with zero attached hydrogens (tertiary/aromatic N) is 1. The normalized spacial score (nSPS) is 25.4. The summed E-state index contributed by atoms with van der Waals surface area (Å²) in [7, 11) is 0. The smallest absolute Gasteiger partial charge is 0.108 e. The molecule has 0 aliphatic carbocycles. The number of hydrogen-bond acceptors (Lipinski definition) is 3. The van der Waals surface area contributed by atoms with Crippen LogP contribution in [0.25, 0.3) is 0 Å². The van der Waals surface area contributed by atoms with E-state index in [4.69, 9.17) is 4.98 Å². The molecule has 0 spiro atoms. The lowest BCUT2D eigenvalue weighted by Crippen LogP contribution is -2.35. The topological polar surface area (TPSA) is 52.7 Å². The molecule has 0 amide bonds. The Labute approximate surface area is 96.2 Å². The van der Waals surface area contributed by atoms with Gasteiger partial charge in [-0.15, -0.1) is 0 Å². The molecule has 1 saturated heterocycles. The largest absolute Gasteiger partial charge is 0.345 e. The second-order valence-electron chi connectivity index (χ2n) is 4.89. The summed E-state index contributed by atoms with van der Waals surface area (Å²) in [6.07, 6.45) is 6.12. The average Bonchev–Trinajstić information content (AvgIpc) is 2.72. The highest BCUT2D eigenvalue weighted by atomic mass is 15.0. The van der Waals surface area contributed by atoms with Gasteiger partial charge >= 0.3 is 0 Å². The molecule has 2 aliphatic heterocycles. The Morgan fingerprint density at radius 3 is 3.06 bits per heavy atom. The third-order valence-corrected chi connectivity index (χ3v) is 3.61. The fourth-order valence-electron chi connectivity index (χ4n) is 2.71. The number of H-pyrrole nitrogens is 1. The molecule has 1 aromatic heterocycles. The number of hydrogen-bond donors (Lipinski definition) is 3. The molecule has 4 heteroatoms. The van der Waals surface area contributed by atoms with Crippen LogP contribution in [0, 0.1) is 0 Å². The minimum Gasteiger partial charge on any atom is -0.345 e. The van der Waals surface area contributed by atoms with Gasteiger partial charge in [-0.25, -0.2) is 4.98 Å². The van der Waals surface area contributed by atoms with Gasteiger partial charge in [0.25, 0.3) is 0 Å². The van der Waals surface area contributed by atoms with Gasteiger partial charge in [-0.1, -0.05) is 6.42 Å². The molecule has 3 heterocycles. The van der Waals surface area contributed by atoms with Crippen molar-refractivity contribution in [3.8, 4) is 0 Å².